The molecule has 0 bridgehead atoms. The fourth-order valence-corrected chi connectivity index (χ4v) is 18.0. The molecule has 0 aliphatic rings. The molecule has 4 nitrogen and oxygen atoms in total. The summed E-state index contributed by atoms with van der Waals surface area (Å²) < 4.78 is 30.9. The zero-order valence-electron chi connectivity index (χ0n) is 12.2. The van der Waals surface area contributed by atoms with Crippen LogP contribution in [0.4, 0.5) is 0 Å². The Kier molecular flexibility index (Phi) is 7.30. The van der Waals surface area contributed by atoms with Crippen LogP contribution < -0.4 is 0 Å². The minimum atomic E-state index is -4.74. The zero-order valence-corrected chi connectivity index (χ0v) is 15.6. The van der Waals surface area contributed by atoms with E-state index >= 15 is 0 Å². The molecule has 0 aromatic heterocycles. The maximum absolute atomic E-state index is 9.95. The summed E-state index contributed by atoms with van der Waals surface area (Å²) >= 11 is -4.74. The Balaban J connectivity index is 5.19. The third-order valence-corrected chi connectivity index (χ3v) is 15.6. The van der Waals surface area contributed by atoms with Gasteiger partial charge >= 0.3 is 114 Å². The molecule has 0 rings (SSSR count). The van der Waals surface area contributed by atoms with Crippen LogP contribution in [-0.4, -0.2) is 21.3 Å². The normalized spacial score (nSPS) is 14.1. The molecule has 0 aliphatic heterocycles. The summed E-state index contributed by atoms with van der Waals surface area (Å²) in [5.74, 6) is 0. The first-order valence-electron chi connectivity index (χ1n) is 6.39. The van der Waals surface area contributed by atoms with Crippen molar-refractivity contribution in [1.82, 2.24) is 0 Å². The average Bonchev–Trinajstić information content (AvgIpc) is 2.12. The van der Waals surface area contributed by atoms with Gasteiger partial charge in [-0.3, -0.25) is 0 Å². The topological polar surface area (TPSA) is 58.9 Å². The molecule has 0 radical (unpaired) electrons. The second-order valence-corrected chi connectivity index (χ2v) is 15.7. The number of rotatable bonds is 7. The molecule has 0 spiro atoms. The molecule has 0 saturated carbocycles. The third kappa shape index (κ3) is 4.51. The molecule has 0 unspecified atom stereocenters. The SMILES string of the molecule is CC[O][Zr]([OH])([OH])[O][Si](C(C)C)(C(C)C)C(C)C. The molecule has 104 valence electrons. The van der Waals surface area contributed by atoms with Crippen molar-refractivity contribution in [3.63, 3.8) is 0 Å². The predicted molar refractivity (Wildman–Crippen MR) is 68.2 cm³/mol. The second kappa shape index (κ2) is 6.92. The van der Waals surface area contributed by atoms with Crippen LogP contribution in [0, 0.1) is 0 Å². The van der Waals surface area contributed by atoms with Crippen molar-refractivity contribution in [2.24, 2.45) is 0 Å². The van der Waals surface area contributed by atoms with E-state index in [2.05, 4.69) is 41.5 Å². The van der Waals surface area contributed by atoms with E-state index in [0.29, 0.717) is 23.2 Å². The van der Waals surface area contributed by atoms with Crippen LogP contribution in [0.5, 0.6) is 0 Å². The van der Waals surface area contributed by atoms with E-state index in [4.69, 9.17) is 5.32 Å². The molecule has 0 fully saturated rings. The molecular formula is C11H28O4SiZr. The molecular weight excluding hydrogens is 315 g/mol. The van der Waals surface area contributed by atoms with Crippen molar-refractivity contribution in [2.75, 3.05) is 6.61 Å². The van der Waals surface area contributed by atoms with Gasteiger partial charge in [-0.25, -0.2) is 0 Å². The minimum absolute atomic E-state index is 0.293. The first-order chi connectivity index (χ1) is 7.60. The summed E-state index contributed by atoms with van der Waals surface area (Å²) in [6.45, 7) is 14.7. The molecule has 0 saturated heterocycles. The molecule has 17 heavy (non-hydrogen) atoms. The summed E-state index contributed by atoms with van der Waals surface area (Å²) in [5.41, 5.74) is 0.995. The Morgan fingerprint density at radius 2 is 1.29 bits per heavy atom. The van der Waals surface area contributed by atoms with Crippen molar-refractivity contribution >= 4 is 8.32 Å². The third-order valence-electron chi connectivity index (χ3n) is 3.35. The summed E-state index contributed by atoms with van der Waals surface area (Å²) in [5, 5.41) is 0. The molecule has 0 aliphatic carbocycles. The van der Waals surface area contributed by atoms with E-state index in [9.17, 15) is 6.37 Å². The first kappa shape index (κ1) is 17.9. The van der Waals surface area contributed by atoms with Gasteiger partial charge in [-0.15, -0.1) is 0 Å². The van der Waals surface area contributed by atoms with Gasteiger partial charge in [0, 0.05) is 0 Å². The fourth-order valence-electron chi connectivity index (χ4n) is 2.80. The van der Waals surface area contributed by atoms with E-state index in [-0.39, 0.29) is 0 Å². The van der Waals surface area contributed by atoms with Gasteiger partial charge in [-0.2, -0.15) is 0 Å². The predicted octanol–water partition coefficient (Wildman–Crippen LogP) is 3.01. The van der Waals surface area contributed by atoms with E-state index in [0.717, 1.165) is 0 Å². The van der Waals surface area contributed by atoms with E-state index in [1.165, 1.54) is 0 Å². The number of hydrogen-bond acceptors (Lipinski definition) is 4. The number of hydrogen-bond donors (Lipinski definition) is 2. The van der Waals surface area contributed by atoms with Crippen molar-refractivity contribution in [3.8, 4) is 0 Å². The van der Waals surface area contributed by atoms with Gasteiger partial charge < -0.3 is 0 Å². The zero-order chi connectivity index (χ0) is 13.9. The quantitative estimate of drug-likeness (QED) is 0.698. The van der Waals surface area contributed by atoms with Gasteiger partial charge in [0.2, 0.25) is 0 Å². The molecule has 0 aromatic rings. The average molecular weight is 344 g/mol. The summed E-state index contributed by atoms with van der Waals surface area (Å²) in [4.78, 5) is 0. The van der Waals surface area contributed by atoms with Gasteiger partial charge in [0.15, 0.2) is 0 Å². The molecule has 0 amide bonds. The molecule has 6 heteroatoms. The van der Waals surface area contributed by atoms with E-state index in [1.54, 1.807) is 6.92 Å². The fraction of sp³-hybridized carbons (Fsp3) is 1.00. The van der Waals surface area contributed by atoms with Crippen molar-refractivity contribution in [2.45, 2.75) is 65.1 Å². The summed E-state index contributed by atoms with van der Waals surface area (Å²) in [7, 11) is -2.23. The van der Waals surface area contributed by atoms with Crippen LogP contribution >= 0.6 is 0 Å². The summed E-state index contributed by atoms with van der Waals surface area (Å²) in [6, 6.07) is 0. The Morgan fingerprint density at radius 1 is 0.941 bits per heavy atom. The first-order valence-corrected chi connectivity index (χ1v) is 12.7. The standard InChI is InChI=1S/C9H21OSi.C2H5O.2H2O.Zr/c1-7(2)11(10,8(3)4)9(5)6;1-2-3;;;/h7-9H,1-6H3;2H2,1H3;2*1H2;/q2*-1;;;+4/p-2. The van der Waals surface area contributed by atoms with Gasteiger partial charge in [0.1, 0.15) is 0 Å². The van der Waals surface area contributed by atoms with Crippen LogP contribution in [0.25, 0.3) is 0 Å². The van der Waals surface area contributed by atoms with E-state index < -0.39 is 30.3 Å². The molecule has 0 atom stereocenters. The van der Waals surface area contributed by atoms with Crippen molar-refractivity contribution in [1.29, 1.82) is 0 Å². The summed E-state index contributed by atoms with van der Waals surface area (Å²) in [6.07, 6.45) is 0. The second-order valence-electron chi connectivity index (χ2n) is 5.40. The van der Waals surface area contributed by atoms with Gasteiger partial charge in [-0.1, -0.05) is 0 Å². The van der Waals surface area contributed by atoms with Crippen LogP contribution in [0.1, 0.15) is 48.5 Å². The van der Waals surface area contributed by atoms with Crippen molar-refractivity contribution in [3.05, 3.63) is 0 Å². The van der Waals surface area contributed by atoms with Crippen LogP contribution in [0.15, 0.2) is 0 Å². The molecule has 0 aromatic carbocycles. The van der Waals surface area contributed by atoms with Crippen LogP contribution in [-0.2, 0) is 27.3 Å². The van der Waals surface area contributed by atoms with Crippen LogP contribution in [0.2, 0.25) is 16.6 Å². The van der Waals surface area contributed by atoms with Crippen molar-refractivity contribution < 1.29 is 33.7 Å². The van der Waals surface area contributed by atoms with Crippen LogP contribution in [0.3, 0.4) is 0 Å². The molecule has 0 heterocycles. The van der Waals surface area contributed by atoms with E-state index in [1.807, 2.05) is 0 Å². The monoisotopic (exact) mass is 342 g/mol. The Labute approximate surface area is 113 Å². The Bertz CT molecular complexity index is 210. The maximum atomic E-state index is 9.95. The Hall–Kier alpha value is 0.940. The Morgan fingerprint density at radius 3 is 1.53 bits per heavy atom. The molecule has 2 N–H and O–H groups in total. The van der Waals surface area contributed by atoms with Gasteiger partial charge in [0.05, 0.1) is 0 Å². The van der Waals surface area contributed by atoms with Gasteiger partial charge in [0.25, 0.3) is 0 Å². The van der Waals surface area contributed by atoms with Gasteiger partial charge in [-0.05, 0) is 0 Å².